The van der Waals surface area contributed by atoms with E-state index in [-0.39, 0.29) is 17.7 Å². The topological polar surface area (TPSA) is 66.5 Å². The second-order valence-corrected chi connectivity index (χ2v) is 7.14. The third-order valence-electron chi connectivity index (χ3n) is 3.25. The van der Waals surface area contributed by atoms with E-state index in [0.29, 0.717) is 30.1 Å². The van der Waals surface area contributed by atoms with Crippen LogP contribution in [0, 0.1) is 0 Å². The maximum atomic E-state index is 12.1. The fourth-order valence-corrected chi connectivity index (χ4v) is 3.78. The molecule has 20 heavy (non-hydrogen) atoms. The van der Waals surface area contributed by atoms with Crippen LogP contribution in [0.25, 0.3) is 0 Å². The maximum Gasteiger partial charge on any atom is 0.219 e. The van der Waals surface area contributed by atoms with Crippen molar-refractivity contribution in [1.29, 1.82) is 0 Å². The Bertz CT molecular complexity index is 586. The number of rotatable bonds is 4. The highest BCUT2D eigenvalue weighted by molar-refractivity contribution is 7.88. The first-order valence-corrected chi connectivity index (χ1v) is 8.39. The van der Waals surface area contributed by atoms with Crippen molar-refractivity contribution < 1.29 is 13.2 Å². The molecule has 5 nitrogen and oxygen atoms in total. The highest BCUT2D eigenvalue weighted by Gasteiger charge is 2.27. The summed E-state index contributed by atoms with van der Waals surface area (Å²) in [5, 5.41) is 0.576. The lowest BCUT2D eigenvalue weighted by molar-refractivity contribution is -0.127. The molecule has 1 unspecified atom stereocenters. The quantitative estimate of drug-likeness (QED) is 0.912. The van der Waals surface area contributed by atoms with Crippen molar-refractivity contribution in [1.82, 2.24) is 9.62 Å². The summed E-state index contributed by atoms with van der Waals surface area (Å²) in [6.45, 7) is 2.53. The van der Waals surface area contributed by atoms with Gasteiger partial charge in [0.25, 0.3) is 0 Å². The first-order chi connectivity index (χ1) is 9.35. The molecule has 1 aromatic carbocycles. The number of carbonyl (C=O) groups excluding carboxylic acids is 1. The van der Waals surface area contributed by atoms with Crippen LogP contribution in [0.5, 0.6) is 0 Å². The molecule has 1 fully saturated rings. The van der Waals surface area contributed by atoms with Gasteiger partial charge in [0.15, 0.2) is 0 Å². The van der Waals surface area contributed by atoms with E-state index in [9.17, 15) is 13.2 Å². The molecule has 1 aromatic rings. The van der Waals surface area contributed by atoms with Crippen molar-refractivity contribution in [3.05, 3.63) is 34.9 Å². The molecule has 1 aliphatic heterocycles. The van der Waals surface area contributed by atoms with Gasteiger partial charge in [0, 0.05) is 31.1 Å². The number of likely N-dealkylation sites (tertiary alicyclic amines) is 1. The standard InChI is InChI=1S/C13H17ClN2O3S/c1-10(17)16-7-6-13(8-16)15-20(18,19)9-11-2-4-12(14)5-3-11/h2-5,13,15H,6-9H2,1H3. The number of nitrogens with one attached hydrogen (secondary N) is 1. The molecule has 1 heterocycles. The molecule has 1 saturated heterocycles. The van der Waals surface area contributed by atoms with Gasteiger partial charge in [-0.25, -0.2) is 13.1 Å². The average molecular weight is 317 g/mol. The molecule has 0 saturated carbocycles. The molecule has 1 N–H and O–H groups in total. The van der Waals surface area contributed by atoms with Crippen LogP contribution in [0.1, 0.15) is 18.9 Å². The molecule has 7 heteroatoms. The molecule has 0 radical (unpaired) electrons. The highest BCUT2D eigenvalue weighted by atomic mass is 35.5. The summed E-state index contributed by atoms with van der Waals surface area (Å²) < 4.78 is 26.8. The second-order valence-electron chi connectivity index (χ2n) is 4.95. The summed E-state index contributed by atoms with van der Waals surface area (Å²) in [5.41, 5.74) is 0.684. The van der Waals surface area contributed by atoms with Crippen LogP contribution in [0.15, 0.2) is 24.3 Å². The van der Waals surface area contributed by atoms with Gasteiger partial charge in [-0.2, -0.15) is 0 Å². The molecular formula is C13H17ClN2O3S. The molecule has 0 aliphatic carbocycles. The van der Waals surface area contributed by atoms with Gasteiger partial charge in [0.1, 0.15) is 0 Å². The fraction of sp³-hybridized carbons (Fsp3) is 0.462. The van der Waals surface area contributed by atoms with Crippen molar-refractivity contribution in [2.45, 2.75) is 25.1 Å². The van der Waals surface area contributed by atoms with Gasteiger partial charge in [-0.15, -0.1) is 0 Å². The number of nitrogens with zero attached hydrogens (tertiary/aromatic N) is 1. The van der Waals surface area contributed by atoms with E-state index in [4.69, 9.17) is 11.6 Å². The normalized spacial score (nSPS) is 19.3. The minimum Gasteiger partial charge on any atom is -0.341 e. The van der Waals surface area contributed by atoms with Crippen molar-refractivity contribution >= 4 is 27.5 Å². The summed E-state index contributed by atoms with van der Waals surface area (Å²) in [5.74, 6) is -0.106. The third-order valence-corrected chi connectivity index (χ3v) is 4.91. The number of hydrogen-bond acceptors (Lipinski definition) is 3. The number of halogens is 1. The lowest BCUT2D eigenvalue weighted by atomic mass is 10.2. The van der Waals surface area contributed by atoms with Crippen LogP contribution in [-0.4, -0.2) is 38.4 Å². The van der Waals surface area contributed by atoms with Gasteiger partial charge in [0.2, 0.25) is 15.9 Å². The van der Waals surface area contributed by atoms with Gasteiger partial charge < -0.3 is 4.90 Å². The zero-order valence-corrected chi connectivity index (χ0v) is 12.7. The summed E-state index contributed by atoms with van der Waals surface area (Å²) in [6.07, 6.45) is 0.652. The monoisotopic (exact) mass is 316 g/mol. The third kappa shape index (κ3) is 4.19. The summed E-state index contributed by atoms with van der Waals surface area (Å²) in [6, 6.07) is 6.52. The average Bonchev–Trinajstić information content (AvgIpc) is 2.79. The van der Waals surface area contributed by atoms with Gasteiger partial charge in [-0.1, -0.05) is 23.7 Å². The first kappa shape index (κ1) is 15.3. The van der Waals surface area contributed by atoms with E-state index >= 15 is 0 Å². The number of benzene rings is 1. The SMILES string of the molecule is CC(=O)N1CCC(NS(=O)(=O)Cc2ccc(Cl)cc2)C1. The molecule has 0 bridgehead atoms. The van der Waals surface area contributed by atoms with Crippen LogP contribution in [0.3, 0.4) is 0 Å². The van der Waals surface area contributed by atoms with Crippen molar-refractivity contribution in [3.63, 3.8) is 0 Å². The molecule has 110 valence electrons. The van der Waals surface area contributed by atoms with Crippen LogP contribution < -0.4 is 4.72 Å². The molecule has 0 spiro atoms. The Morgan fingerprint density at radius 2 is 2.05 bits per heavy atom. The smallest absolute Gasteiger partial charge is 0.219 e. The second kappa shape index (κ2) is 6.11. The highest BCUT2D eigenvalue weighted by Crippen LogP contribution is 2.14. The molecule has 1 amide bonds. The minimum absolute atomic E-state index is 0.0237. The Kier molecular flexibility index (Phi) is 4.67. The van der Waals surface area contributed by atoms with Crippen LogP contribution in [0.4, 0.5) is 0 Å². The van der Waals surface area contributed by atoms with Gasteiger partial charge in [-0.05, 0) is 24.1 Å². The largest absolute Gasteiger partial charge is 0.341 e. The van der Waals surface area contributed by atoms with E-state index in [0.717, 1.165) is 0 Å². The number of hydrogen-bond donors (Lipinski definition) is 1. The Balaban J connectivity index is 1.95. The number of amides is 1. The summed E-state index contributed by atoms with van der Waals surface area (Å²) >= 11 is 5.76. The zero-order chi connectivity index (χ0) is 14.8. The van der Waals surface area contributed by atoms with Gasteiger partial charge in [-0.3, -0.25) is 4.79 Å². The zero-order valence-electron chi connectivity index (χ0n) is 11.2. The number of carbonyl (C=O) groups is 1. The molecule has 1 aliphatic rings. The summed E-state index contributed by atoms with van der Waals surface area (Å²) in [7, 11) is -3.41. The van der Waals surface area contributed by atoms with E-state index in [1.165, 1.54) is 6.92 Å². The molecule has 2 rings (SSSR count). The van der Waals surface area contributed by atoms with Crippen LogP contribution in [0.2, 0.25) is 5.02 Å². The van der Waals surface area contributed by atoms with Crippen LogP contribution in [-0.2, 0) is 20.6 Å². The Morgan fingerprint density at radius 3 is 2.60 bits per heavy atom. The van der Waals surface area contributed by atoms with E-state index in [1.54, 1.807) is 29.2 Å². The van der Waals surface area contributed by atoms with Gasteiger partial charge in [0.05, 0.1) is 5.75 Å². The predicted molar refractivity (Wildman–Crippen MR) is 77.9 cm³/mol. The van der Waals surface area contributed by atoms with Crippen molar-refractivity contribution in [2.24, 2.45) is 0 Å². The van der Waals surface area contributed by atoms with Crippen molar-refractivity contribution in [2.75, 3.05) is 13.1 Å². The van der Waals surface area contributed by atoms with E-state index in [2.05, 4.69) is 4.72 Å². The van der Waals surface area contributed by atoms with Crippen LogP contribution >= 0.6 is 11.6 Å². The first-order valence-electron chi connectivity index (χ1n) is 6.36. The minimum atomic E-state index is -3.41. The lowest BCUT2D eigenvalue weighted by Gasteiger charge is -2.15. The molecule has 1 atom stereocenters. The van der Waals surface area contributed by atoms with Crippen molar-refractivity contribution in [3.8, 4) is 0 Å². The lowest BCUT2D eigenvalue weighted by Crippen LogP contribution is -2.38. The van der Waals surface area contributed by atoms with E-state index in [1.807, 2.05) is 0 Å². The number of sulfonamides is 1. The molecule has 0 aromatic heterocycles. The molecular weight excluding hydrogens is 300 g/mol. The predicted octanol–water partition coefficient (Wildman–Crippen LogP) is 1.38. The Labute approximate surface area is 124 Å². The fourth-order valence-electron chi connectivity index (χ4n) is 2.24. The van der Waals surface area contributed by atoms with Gasteiger partial charge >= 0.3 is 0 Å². The Hall–Kier alpha value is -1.11. The Morgan fingerprint density at radius 1 is 1.40 bits per heavy atom. The van der Waals surface area contributed by atoms with E-state index < -0.39 is 10.0 Å². The summed E-state index contributed by atoms with van der Waals surface area (Å²) in [4.78, 5) is 12.9. The maximum absolute atomic E-state index is 12.1.